The molecule has 0 amide bonds. The maximum atomic E-state index is 10.5. The van der Waals surface area contributed by atoms with E-state index < -0.39 is 6.10 Å². The predicted molar refractivity (Wildman–Crippen MR) is 115 cm³/mol. The highest BCUT2D eigenvalue weighted by Gasteiger charge is 2.14. The smallest absolute Gasteiger partial charge is 0.119 e. The minimum absolute atomic E-state index is 0.0776. The Labute approximate surface area is 169 Å². The summed E-state index contributed by atoms with van der Waals surface area (Å²) < 4.78 is 5.37. The molecule has 0 bridgehead atoms. The summed E-state index contributed by atoms with van der Waals surface area (Å²) in [7, 11) is 1.63. The molecule has 3 rings (SSSR count). The lowest BCUT2D eigenvalue weighted by molar-refractivity contribution is 0.111. The molecule has 3 N–H and O–H groups in total. The van der Waals surface area contributed by atoms with E-state index in [1.54, 1.807) is 7.11 Å². The van der Waals surface area contributed by atoms with Crippen LogP contribution < -0.4 is 10.1 Å². The van der Waals surface area contributed by atoms with Crippen LogP contribution in [0.5, 0.6) is 5.75 Å². The Morgan fingerprint density at radius 3 is 2.71 bits per heavy atom. The first-order chi connectivity index (χ1) is 13.5. The first-order valence-corrected chi connectivity index (χ1v) is 9.75. The first-order valence-electron chi connectivity index (χ1n) is 9.37. The van der Waals surface area contributed by atoms with Crippen molar-refractivity contribution in [2.45, 2.75) is 13.0 Å². The summed E-state index contributed by atoms with van der Waals surface area (Å²) in [4.78, 5) is 6.72. The van der Waals surface area contributed by atoms with Gasteiger partial charge in [0, 0.05) is 35.4 Å². The maximum absolute atomic E-state index is 10.5. The van der Waals surface area contributed by atoms with Crippen molar-refractivity contribution in [2.24, 2.45) is 0 Å². The van der Waals surface area contributed by atoms with Crippen molar-refractivity contribution >= 4 is 39.1 Å². The molecular weight excluding hydrogens is 378 g/mol. The van der Waals surface area contributed by atoms with Gasteiger partial charge in [0.15, 0.2) is 0 Å². The van der Waals surface area contributed by atoms with Crippen LogP contribution in [0.2, 0.25) is 5.02 Å². The summed E-state index contributed by atoms with van der Waals surface area (Å²) in [5.74, 6) is 0.742. The Bertz CT molecular complexity index is 951. The van der Waals surface area contributed by atoms with Gasteiger partial charge in [-0.3, -0.25) is 4.90 Å². The number of anilines is 1. The topological polar surface area (TPSA) is 77.9 Å². The largest absolute Gasteiger partial charge is 0.497 e. The summed E-state index contributed by atoms with van der Waals surface area (Å²) in [6.45, 7) is 4.26. The zero-order chi connectivity index (χ0) is 20.1. The lowest BCUT2D eigenvalue weighted by Crippen LogP contribution is -2.37. The highest BCUT2D eigenvalue weighted by Crippen LogP contribution is 2.34. The summed E-state index contributed by atoms with van der Waals surface area (Å²) in [6.07, 6.45) is -0.581. The minimum atomic E-state index is -0.581. The average Bonchev–Trinajstić information content (AvgIpc) is 2.70. The molecule has 2 aromatic carbocycles. The molecule has 0 aliphatic heterocycles. The average molecular weight is 404 g/mol. The van der Waals surface area contributed by atoms with Gasteiger partial charge in [-0.25, -0.2) is 4.98 Å². The maximum Gasteiger partial charge on any atom is 0.119 e. The SMILES string of the molecule is CCN(CCO)CC(O)CNc1c2ccc(Cl)cc2nc2ccc(OC)cc12. The number of hydrogen-bond acceptors (Lipinski definition) is 6. The number of ether oxygens (including phenoxy) is 1. The number of benzene rings is 2. The van der Waals surface area contributed by atoms with Crippen LogP contribution in [-0.2, 0) is 0 Å². The van der Waals surface area contributed by atoms with Crippen LogP contribution in [0.15, 0.2) is 36.4 Å². The van der Waals surface area contributed by atoms with Crippen molar-refractivity contribution in [1.82, 2.24) is 9.88 Å². The number of rotatable bonds is 9. The van der Waals surface area contributed by atoms with Gasteiger partial charge in [-0.05, 0) is 42.9 Å². The standard InChI is InChI=1S/C21H26ClN3O3/c1-3-25(8-9-26)13-15(27)12-23-21-17-6-4-14(22)10-20(17)24-19-7-5-16(28-2)11-18(19)21/h4-7,10-11,15,26-27H,3,8-9,12-13H2,1-2H3,(H,23,24). The lowest BCUT2D eigenvalue weighted by Gasteiger charge is -2.23. The highest BCUT2D eigenvalue weighted by molar-refractivity contribution is 6.31. The molecule has 150 valence electrons. The summed E-state index contributed by atoms with van der Waals surface area (Å²) in [5.41, 5.74) is 2.50. The number of methoxy groups -OCH3 is 1. The van der Waals surface area contributed by atoms with Gasteiger partial charge in [-0.2, -0.15) is 0 Å². The van der Waals surface area contributed by atoms with Crippen LogP contribution in [0.25, 0.3) is 21.8 Å². The third kappa shape index (κ3) is 4.64. The first kappa shape index (κ1) is 20.6. The fourth-order valence-electron chi connectivity index (χ4n) is 3.32. The number of aliphatic hydroxyl groups excluding tert-OH is 2. The number of fused-ring (bicyclic) bond motifs is 2. The van der Waals surface area contributed by atoms with Gasteiger partial charge in [0.05, 0.1) is 36.5 Å². The van der Waals surface area contributed by atoms with Crippen molar-refractivity contribution < 1.29 is 14.9 Å². The van der Waals surface area contributed by atoms with Gasteiger partial charge in [-0.15, -0.1) is 0 Å². The van der Waals surface area contributed by atoms with Crippen LogP contribution >= 0.6 is 11.6 Å². The molecule has 0 radical (unpaired) electrons. The van der Waals surface area contributed by atoms with Crippen LogP contribution in [0, 0.1) is 0 Å². The van der Waals surface area contributed by atoms with Crippen LogP contribution in [0.1, 0.15) is 6.92 Å². The minimum Gasteiger partial charge on any atom is -0.497 e. The molecule has 0 aliphatic carbocycles. The quantitative estimate of drug-likeness (QED) is 0.476. The number of aromatic nitrogens is 1. The normalized spacial score (nSPS) is 12.6. The zero-order valence-corrected chi connectivity index (χ0v) is 16.9. The van der Waals surface area contributed by atoms with Crippen molar-refractivity contribution in [1.29, 1.82) is 0 Å². The fraction of sp³-hybridized carbons (Fsp3) is 0.381. The van der Waals surface area contributed by atoms with Gasteiger partial charge in [0.1, 0.15) is 5.75 Å². The Hall–Kier alpha value is -2.12. The Morgan fingerprint density at radius 2 is 2.00 bits per heavy atom. The molecule has 3 aromatic rings. The van der Waals surface area contributed by atoms with E-state index in [-0.39, 0.29) is 6.61 Å². The van der Waals surface area contributed by atoms with Gasteiger partial charge >= 0.3 is 0 Å². The van der Waals surface area contributed by atoms with Crippen molar-refractivity contribution in [2.75, 3.05) is 45.2 Å². The molecule has 1 aromatic heterocycles. The molecule has 0 spiro atoms. The number of nitrogens with zero attached hydrogens (tertiary/aromatic N) is 2. The van der Waals surface area contributed by atoms with Crippen molar-refractivity contribution in [3.63, 3.8) is 0 Å². The Balaban J connectivity index is 1.94. The molecule has 7 heteroatoms. The van der Waals surface area contributed by atoms with E-state index in [1.807, 2.05) is 48.2 Å². The second-order valence-electron chi connectivity index (χ2n) is 6.68. The van der Waals surface area contributed by atoms with Crippen LogP contribution in [-0.4, -0.2) is 66.1 Å². The Morgan fingerprint density at radius 1 is 1.18 bits per heavy atom. The summed E-state index contributed by atoms with van der Waals surface area (Å²) in [6, 6.07) is 11.3. The molecular formula is C21H26ClN3O3. The number of likely N-dealkylation sites (N-methyl/N-ethyl adjacent to an activating group) is 1. The molecule has 1 heterocycles. The number of halogens is 1. The third-order valence-electron chi connectivity index (χ3n) is 4.79. The monoisotopic (exact) mass is 403 g/mol. The zero-order valence-electron chi connectivity index (χ0n) is 16.2. The summed E-state index contributed by atoms with van der Waals surface area (Å²) in [5, 5.41) is 25.5. The van der Waals surface area contributed by atoms with Crippen molar-refractivity contribution in [3.8, 4) is 5.75 Å². The predicted octanol–water partition coefficient (Wildman–Crippen LogP) is 3.14. The molecule has 0 fully saturated rings. The molecule has 0 saturated heterocycles. The molecule has 0 saturated carbocycles. The van der Waals surface area contributed by atoms with Gasteiger partial charge in [-0.1, -0.05) is 18.5 Å². The van der Waals surface area contributed by atoms with E-state index in [1.165, 1.54) is 0 Å². The second kappa shape index (κ2) is 9.39. The fourth-order valence-corrected chi connectivity index (χ4v) is 3.48. The van der Waals surface area contributed by atoms with E-state index in [4.69, 9.17) is 26.4 Å². The molecule has 1 unspecified atom stereocenters. The molecule has 28 heavy (non-hydrogen) atoms. The molecule has 0 aliphatic rings. The van der Waals surface area contributed by atoms with Gasteiger partial charge in [0.25, 0.3) is 0 Å². The number of nitrogens with one attached hydrogen (secondary N) is 1. The third-order valence-corrected chi connectivity index (χ3v) is 5.03. The lowest BCUT2D eigenvalue weighted by atomic mass is 10.1. The number of pyridine rings is 1. The van der Waals surface area contributed by atoms with Gasteiger partial charge < -0.3 is 20.3 Å². The number of aliphatic hydroxyl groups is 2. The van der Waals surface area contributed by atoms with E-state index in [9.17, 15) is 5.11 Å². The Kier molecular flexibility index (Phi) is 6.91. The molecule has 1 atom stereocenters. The summed E-state index contributed by atoms with van der Waals surface area (Å²) >= 11 is 6.15. The van der Waals surface area contributed by atoms with E-state index >= 15 is 0 Å². The molecule has 6 nitrogen and oxygen atoms in total. The van der Waals surface area contributed by atoms with E-state index in [0.717, 1.165) is 39.8 Å². The second-order valence-corrected chi connectivity index (χ2v) is 7.12. The van der Waals surface area contributed by atoms with Gasteiger partial charge in [0.2, 0.25) is 0 Å². The highest BCUT2D eigenvalue weighted by atomic mass is 35.5. The van der Waals surface area contributed by atoms with E-state index in [0.29, 0.717) is 24.7 Å². The number of hydrogen-bond donors (Lipinski definition) is 3. The van der Waals surface area contributed by atoms with E-state index in [2.05, 4.69) is 5.32 Å². The van der Waals surface area contributed by atoms with Crippen LogP contribution in [0.3, 0.4) is 0 Å². The van der Waals surface area contributed by atoms with Crippen LogP contribution in [0.4, 0.5) is 5.69 Å². The van der Waals surface area contributed by atoms with Crippen molar-refractivity contribution in [3.05, 3.63) is 41.4 Å².